The number of nitrogens with zero attached hydrogens (tertiary/aromatic N) is 2. The molecule has 0 saturated heterocycles. The van der Waals surface area contributed by atoms with Gasteiger partial charge in [-0.2, -0.15) is 0 Å². The molecule has 2 heterocycles. The van der Waals surface area contributed by atoms with Gasteiger partial charge in [0.25, 0.3) is 0 Å². The summed E-state index contributed by atoms with van der Waals surface area (Å²) in [5.74, 6) is 1.51. The van der Waals surface area contributed by atoms with Crippen molar-refractivity contribution in [2.24, 2.45) is 5.73 Å². The quantitative estimate of drug-likeness (QED) is 0.818. The van der Waals surface area contributed by atoms with Crippen molar-refractivity contribution in [1.82, 2.24) is 15.0 Å². The molecule has 4 nitrogen and oxygen atoms in total. The molecule has 3 rings (SSSR count). The van der Waals surface area contributed by atoms with Gasteiger partial charge in [0.15, 0.2) is 0 Å². The smallest absolute Gasteiger partial charge is 0.139 e. The Morgan fingerprint density at radius 1 is 1.44 bits per heavy atom. The number of aromatic amines is 1. The molecule has 82 valence electrons. The van der Waals surface area contributed by atoms with E-state index in [9.17, 15) is 0 Å². The van der Waals surface area contributed by atoms with Crippen LogP contribution in [0.1, 0.15) is 30.1 Å². The lowest BCUT2D eigenvalue weighted by Crippen LogP contribution is -1.99. The molecule has 1 saturated carbocycles. The predicted octanol–water partition coefficient (Wildman–Crippen LogP) is 1.81. The first-order chi connectivity index (χ1) is 7.88. The number of pyridine rings is 1. The molecule has 0 unspecified atom stereocenters. The second-order valence-corrected chi connectivity index (χ2v) is 4.17. The third-order valence-electron chi connectivity index (χ3n) is 2.91. The van der Waals surface area contributed by atoms with E-state index in [4.69, 9.17) is 5.73 Å². The summed E-state index contributed by atoms with van der Waals surface area (Å²) in [6.45, 7) is 0.527. The molecule has 0 spiro atoms. The second-order valence-electron chi connectivity index (χ2n) is 4.17. The molecule has 0 atom stereocenters. The van der Waals surface area contributed by atoms with Gasteiger partial charge in [0.05, 0.1) is 11.4 Å². The largest absolute Gasteiger partial charge is 0.341 e. The van der Waals surface area contributed by atoms with Crippen LogP contribution in [-0.4, -0.2) is 15.0 Å². The summed E-state index contributed by atoms with van der Waals surface area (Å²) >= 11 is 0. The van der Waals surface area contributed by atoms with E-state index in [0.29, 0.717) is 12.5 Å². The van der Waals surface area contributed by atoms with Gasteiger partial charge in [0, 0.05) is 30.4 Å². The van der Waals surface area contributed by atoms with Crippen LogP contribution >= 0.6 is 0 Å². The van der Waals surface area contributed by atoms with Gasteiger partial charge in [0.2, 0.25) is 0 Å². The first kappa shape index (κ1) is 9.54. The van der Waals surface area contributed by atoms with E-state index in [1.54, 1.807) is 6.20 Å². The van der Waals surface area contributed by atoms with Crippen LogP contribution in [-0.2, 0) is 6.54 Å². The highest BCUT2D eigenvalue weighted by atomic mass is 15.0. The monoisotopic (exact) mass is 214 g/mol. The lowest BCUT2D eigenvalue weighted by Gasteiger charge is -1.94. The van der Waals surface area contributed by atoms with Crippen LogP contribution in [0.4, 0.5) is 0 Å². The summed E-state index contributed by atoms with van der Waals surface area (Å²) in [6.07, 6.45) is 6.06. The number of aromatic nitrogens is 3. The summed E-state index contributed by atoms with van der Waals surface area (Å²) in [6, 6.07) is 3.92. The van der Waals surface area contributed by atoms with Gasteiger partial charge < -0.3 is 10.7 Å². The number of imidazole rings is 1. The highest BCUT2D eigenvalue weighted by Gasteiger charge is 2.29. The normalized spacial score (nSPS) is 15.3. The molecule has 0 bridgehead atoms. The van der Waals surface area contributed by atoms with Gasteiger partial charge >= 0.3 is 0 Å². The van der Waals surface area contributed by atoms with Crippen molar-refractivity contribution in [3.63, 3.8) is 0 Å². The predicted molar refractivity (Wildman–Crippen MR) is 61.7 cm³/mol. The molecule has 1 aliphatic rings. The van der Waals surface area contributed by atoms with Crippen LogP contribution in [0.15, 0.2) is 24.5 Å². The first-order valence-corrected chi connectivity index (χ1v) is 5.57. The van der Waals surface area contributed by atoms with Crippen LogP contribution < -0.4 is 5.73 Å². The Labute approximate surface area is 93.9 Å². The molecule has 2 aromatic rings. The molecule has 16 heavy (non-hydrogen) atoms. The van der Waals surface area contributed by atoms with Gasteiger partial charge in [-0.05, 0) is 25.0 Å². The van der Waals surface area contributed by atoms with E-state index in [1.807, 2.05) is 18.3 Å². The molecule has 4 heteroatoms. The molecule has 1 aliphatic carbocycles. The van der Waals surface area contributed by atoms with Crippen molar-refractivity contribution in [1.29, 1.82) is 0 Å². The number of nitrogens with one attached hydrogen (secondary N) is 1. The summed E-state index contributed by atoms with van der Waals surface area (Å²) < 4.78 is 0. The topological polar surface area (TPSA) is 67.6 Å². The van der Waals surface area contributed by atoms with E-state index in [0.717, 1.165) is 22.8 Å². The van der Waals surface area contributed by atoms with E-state index >= 15 is 0 Å². The molecule has 0 radical (unpaired) electrons. The number of H-pyrrole nitrogens is 1. The molecule has 3 N–H and O–H groups in total. The van der Waals surface area contributed by atoms with E-state index in [2.05, 4.69) is 15.0 Å². The number of hydrogen-bond acceptors (Lipinski definition) is 3. The highest BCUT2D eigenvalue weighted by molar-refractivity contribution is 5.54. The minimum atomic E-state index is 0.527. The lowest BCUT2D eigenvalue weighted by atomic mass is 10.2. The Kier molecular flexibility index (Phi) is 2.22. The number of nitrogens with two attached hydrogens (primary N) is 1. The Hall–Kier alpha value is -1.68. The van der Waals surface area contributed by atoms with Crippen LogP contribution in [0.25, 0.3) is 11.4 Å². The van der Waals surface area contributed by atoms with Crippen LogP contribution in [0.5, 0.6) is 0 Å². The molecule has 0 aliphatic heterocycles. The molecular weight excluding hydrogens is 200 g/mol. The maximum atomic E-state index is 5.72. The van der Waals surface area contributed by atoms with Crippen molar-refractivity contribution in [2.45, 2.75) is 25.3 Å². The Morgan fingerprint density at radius 3 is 2.94 bits per heavy atom. The zero-order chi connectivity index (χ0) is 11.0. The summed E-state index contributed by atoms with van der Waals surface area (Å²) in [4.78, 5) is 12.0. The van der Waals surface area contributed by atoms with E-state index < -0.39 is 0 Å². The number of rotatable bonds is 3. The van der Waals surface area contributed by atoms with Crippen LogP contribution in [0.2, 0.25) is 0 Å². The van der Waals surface area contributed by atoms with Crippen molar-refractivity contribution >= 4 is 0 Å². The summed E-state index contributed by atoms with van der Waals surface area (Å²) in [5.41, 5.74) is 8.96. The fourth-order valence-corrected chi connectivity index (χ4v) is 1.91. The molecular formula is C12H14N4. The Morgan fingerprint density at radius 2 is 2.31 bits per heavy atom. The third-order valence-corrected chi connectivity index (χ3v) is 2.91. The number of hydrogen-bond donors (Lipinski definition) is 2. The lowest BCUT2D eigenvalue weighted by molar-refractivity contribution is 0.944. The van der Waals surface area contributed by atoms with Crippen molar-refractivity contribution in [2.75, 3.05) is 0 Å². The zero-order valence-electron chi connectivity index (χ0n) is 8.98. The third kappa shape index (κ3) is 1.61. The molecule has 1 fully saturated rings. The minimum Gasteiger partial charge on any atom is -0.341 e. The first-order valence-electron chi connectivity index (χ1n) is 5.57. The molecule has 0 amide bonds. The summed E-state index contributed by atoms with van der Waals surface area (Å²) in [5, 5.41) is 0. The molecule has 2 aromatic heterocycles. The van der Waals surface area contributed by atoms with Crippen molar-refractivity contribution < 1.29 is 0 Å². The second kappa shape index (κ2) is 3.72. The van der Waals surface area contributed by atoms with Crippen molar-refractivity contribution in [3.05, 3.63) is 35.9 Å². The Balaban J connectivity index is 2.02. The summed E-state index contributed by atoms with van der Waals surface area (Å²) in [7, 11) is 0. The maximum Gasteiger partial charge on any atom is 0.139 e. The standard InChI is InChI=1S/C12H14N4/c13-6-10-11(8-3-4-8)16-12(15-10)9-2-1-5-14-7-9/h1-2,5,7-8H,3-4,6,13H2,(H,15,16). The van der Waals surface area contributed by atoms with Gasteiger partial charge in [-0.1, -0.05) is 0 Å². The molecule has 0 aromatic carbocycles. The van der Waals surface area contributed by atoms with Gasteiger partial charge in [-0.25, -0.2) is 4.98 Å². The average molecular weight is 214 g/mol. The van der Waals surface area contributed by atoms with Gasteiger partial charge in [-0.3, -0.25) is 4.98 Å². The Bertz CT molecular complexity index is 485. The van der Waals surface area contributed by atoms with Crippen LogP contribution in [0, 0.1) is 0 Å². The average Bonchev–Trinajstić information content (AvgIpc) is 3.10. The SMILES string of the molecule is NCc1[nH]c(-c2cccnc2)nc1C1CC1. The zero-order valence-corrected chi connectivity index (χ0v) is 8.98. The van der Waals surface area contributed by atoms with Gasteiger partial charge in [0.1, 0.15) is 5.82 Å². The fourth-order valence-electron chi connectivity index (χ4n) is 1.91. The van der Waals surface area contributed by atoms with E-state index in [-0.39, 0.29) is 0 Å². The van der Waals surface area contributed by atoms with E-state index in [1.165, 1.54) is 12.8 Å². The van der Waals surface area contributed by atoms with Gasteiger partial charge in [-0.15, -0.1) is 0 Å². The fraction of sp³-hybridized carbons (Fsp3) is 0.333. The van der Waals surface area contributed by atoms with Crippen molar-refractivity contribution in [3.8, 4) is 11.4 Å². The minimum absolute atomic E-state index is 0.527. The van der Waals surface area contributed by atoms with Crippen LogP contribution in [0.3, 0.4) is 0 Å². The maximum absolute atomic E-state index is 5.72. The highest BCUT2D eigenvalue weighted by Crippen LogP contribution is 2.41.